The third-order valence-electron chi connectivity index (χ3n) is 5.09. The van der Waals surface area contributed by atoms with Gasteiger partial charge in [-0.3, -0.25) is 0 Å². The van der Waals surface area contributed by atoms with E-state index in [2.05, 4.69) is 20.1 Å². The van der Waals surface area contributed by atoms with Crippen LogP contribution in [0.5, 0.6) is 5.75 Å². The Morgan fingerprint density at radius 3 is 2.43 bits per heavy atom. The first kappa shape index (κ1) is 20.2. The number of benzene rings is 2. The first-order chi connectivity index (χ1) is 14.4. The summed E-state index contributed by atoms with van der Waals surface area (Å²) in [6.07, 6.45) is 0.729. The molecule has 2 aromatic carbocycles. The van der Waals surface area contributed by atoms with E-state index in [9.17, 15) is 8.42 Å². The van der Waals surface area contributed by atoms with E-state index in [1.807, 2.05) is 54.6 Å². The number of rotatable bonds is 6. The maximum Gasteiger partial charge on any atom is 0.303 e. The molecule has 0 spiro atoms. The minimum atomic E-state index is -3.70. The van der Waals surface area contributed by atoms with Crippen molar-refractivity contribution in [3.63, 3.8) is 0 Å². The van der Waals surface area contributed by atoms with Crippen LogP contribution in [-0.4, -0.2) is 48.7 Å². The smallest absolute Gasteiger partial charge is 0.303 e. The van der Waals surface area contributed by atoms with Crippen LogP contribution in [0.2, 0.25) is 0 Å². The van der Waals surface area contributed by atoms with E-state index in [1.165, 1.54) is 14.1 Å². The predicted octanol–water partition coefficient (Wildman–Crippen LogP) is 2.65. The van der Waals surface area contributed by atoms with Crippen LogP contribution in [-0.2, 0) is 10.2 Å². The Kier molecular flexibility index (Phi) is 5.35. The second-order valence-electron chi connectivity index (χ2n) is 7.23. The van der Waals surface area contributed by atoms with Gasteiger partial charge >= 0.3 is 10.2 Å². The van der Waals surface area contributed by atoms with E-state index in [0.717, 1.165) is 27.6 Å². The molecule has 0 saturated heterocycles. The maximum absolute atomic E-state index is 12.2. The van der Waals surface area contributed by atoms with Crippen molar-refractivity contribution in [3.8, 4) is 5.75 Å². The van der Waals surface area contributed by atoms with Gasteiger partial charge in [-0.15, -0.1) is 5.10 Å². The molecule has 2 N–H and O–H groups in total. The zero-order valence-corrected chi connectivity index (χ0v) is 17.8. The van der Waals surface area contributed by atoms with E-state index >= 15 is 0 Å². The van der Waals surface area contributed by atoms with Crippen molar-refractivity contribution in [2.75, 3.05) is 31.2 Å². The number of nitrogens with one attached hydrogen (secondary N) is 2. The number of aromatic nitrogens is 3. The molecule has 10 heteroatoms. The van der Waals surface area contributed by atoms with Gasteiger partial charge in [0, 0.05) is 14.1 Å². The summed E-state index contributed by atoms with van der Waals surface area (Å²) in [6, 6.07) is 17.8. The average molecular weight is 429 g/mol. The van der Waals surface area contributed by atoms with Crippen molar-refractivity contribution in [2.45, 2.75) is 18.5 Å². The highest BCUT2D eigenvalue weighted by Crippen LogP contribution is 2.38. The number of hydrogen-bond donors (Lipinski definition) is 2. The van der Waals surface area contributed by atoms with Crippen LogP contribution in [0, 0.1) is 0 Å². The molecule has 0 aliphatic carbocycles. The van der Waals surface area contributed by atoms with Gasteiger partial charge in [0.1, 0.15) is 5.75 Å². The minimum absolute atomic E-state index is 0.0175. The predicted molar refractivity (Wildman–Crippen MR) is 115 cm³/mol. The van der Waals surface area contributed by atoms with Gasteiger partial charge in [0.2, 0.25) is 5.95 Å². The molecule has 158 valence electrons. The molecule has 1 aromatic heterocycles. The molecule has 0 radical (unpaired) electrons. The Morgan fingerprint density at radius 2 is 1.80 bits per heavy atom. The van der Waals surface area contributed by atoms with Crippen LogP contribution in [0.3, 0.4) is 0 Å². The monoisotopic (exact) mass is 428 g/mol. The molecule has 2 unspecified atom stereocenters. The second kappa shape index (κ2) is 7.96. The van der Waals surface area contributed by atoms with Gasteiger partial charge in [-0.25, -0.2) is 9.40 Å². The largest absolute Gasteiger partial charge is 0.497 e. The van der Waals surface area contributed by atoms with E-state index < -0.39 is 10.2 Å². The molecule has 1 aliphatic heterocycles. The molecule has 4 rings (SSSR count). The zero-order chi connectivity index (χ0) is 21.3. The topological polar surface area (TPSA) is 101 Å². The van der Waals surface area contributed by atoms with E-state index in [0.29, 0.717) is 5.95 Å². The van der Waals surface area contributed by atoms with Crippen LogP contribution in [0.4, 0.5) is 11.9 Å². The van der Waals surface area contributed by atoms with Gasteiger partial charge < -0.3 is 10.1 Å². The van der Waals surface area contributed by atoms with Crippen LogP contribution < -0.4 is 14.8 Å². The fourth-order valence-electron chi connectivity index (χ4n) is 3.43. The molecule has 0 amide bonds. The van der Waals surface area contributed by atoms with E-state index in [4.69, 9.17) is 4.74 Å². The summed E-state index contributed by atoms with van der Waals surface area (Å²) >= 11 is 0. The Morgan fingerprint density at radius 1 is 1.10 bits per heavy atom. The number of ether oxygens (including phenoxy) is 1. The Hall–Kier alpha value is -3.11. The maximum atomic E-state index is 12.2. The van der Waals surface area contributed by atoms with Crippen LogP contribution in [0.25, 0.3) is 0 Å². The highest BCUT2D eigenvalue weighted by Gasteiger charge is 2.32. The fraction of sp³-hybridized carbons (Fsp3) is 0.300. The van der Waals surface area contributed by atoms with Crippen LogP contribution in [0.1, 0.15) is 29.6 Å². The summed E-state index contributed by atoms with van der Waals surface area (Å²) in [7, 11) is 0.829. The molecule has 1 aliphatic rings. The lowest BCUT2D eigenvalue weighted by Crippen LogP contribution is -2.29. The summed E-state index contributed by atoms with van der Waals surface area (Å²) in [4.78, 5) is 4.40. The van der Waals surface area contributed by atoms with Gasteiger partial charge in [0.15, 0.2) is 0 Å². The summed E-state index contributed by atoms with van der Waals surface area (Å²) in [5.41, 5.74) is 2.16. The molecular formula is C20H24N6O3S. The van der Waals surface area contributed by atoms with Crippen molar-refractivity contribution in [2.24, 2.45) is 0 Å². The fourth-order valence-corrected chi connectivity index (χ4v) is 3.93. The molecule has 9 nitrogen and oxygen atoms in total. The van der Waals surface area contributed by atoms with Gasteiger partial charge in [-0.1, -0.05) is 42.5 Å². The Labute approximate surface area is 175 Å². The van der Waals surface area contributed by atoms with Crippen molar-refractivity contribution in [3.05, 3.63) is 65.7 Å². The van der Waals surface area contributed by atoms with Gasteiger partial charge in [0.25, 0.3) is 5.95 Å². The number of hydrogen-bond acceptors (Lipinski definition) is 6. The first-order valence-electron chi connectivity index (χ1n) is 9.49. The van der Waals surface area contributed by atoms with Gasteiger partial charge in [-0.2, -0.15) is 17.7 Å². The summed E-state index contributed by atoms with van der Waals surface area (Å²) in [5, 5.41) is 7.82. The van der Waals surface area contributed by atoms with E-state index in [-0.39, 0.29) is 18.0 Å². The standard InChI is InChI=1S/C20H24N6O3S/c1-25(2)30(27,28)24-19-22-20-21-17(14-9-11-16(29-3)12-10-14)13-18(26(20)23-19)15-7-5-4-6-8-15/h4-12,17-18H,13H2,1-3H3,(H2,21,22,23,24). The molecule has 2 atom stereocenters. The van der Waals surface area contributed by atoms with Gasteiger partial charge in [-0.05, 0) is 29.7 Å². The second-order valence-corrected chi connectivity index (χ2v) is 9.11. The lowest BCUT2D eigenvalue weighted by Gasteiger charge is -2.31. The molecule has 0 saturated carbocycles. The van der Waals surface area contributed by atoms with Crippen molar-refractivity contribution >= 4 is 22.1 Å². The molecule has 3 aromatic rings. The highest BCUT2D eigenvalue weighted by atomic mass is 32.2. The zero-order valence-electron chi connectivity index (χ0n) is 17.0. The lowest BCUT2D eigenvalue weighted by molar-refractivity contribution is 0.413. The molecule has 30 heavy (non-hydrogen) atoms. The summed E-state index contributed by atoms with van der Waals surface area (Å²) in [6.45, 7) is 0. The third kappa shape index (κ3) is 3.96. The first-order valence-corrected chi connectivity index (χ1v) is 10.9. The normalized spacial score (nSPS) is 18.5. The Balaban J connectivity index is 1.71. The lowest BCUT2D eigenvalue weighted by atomic mass is 9.93. The number of anilines is 2. The average Bonchev–Trinajstić information content (AvgIpc) is 3.15. The van der Waals surface area contributed by atoms with Gasteiger partial charge in [0.05, 0.1) is 19.2 Å². The number of methoxy groups -OCH3 is 1. The molecule has 2 heterocycles. The molecule has 0 fully saturated rings. The Bertz CT molecular complexity index is 1110. The minimum Gasteiger partial charge on any atom is -0.497 e. The van der Waals surface area contributed by atoms with Crippen LogP contribution >= 0.6 is 0 Å². The highest BCUT2D eigenvalue weighted by molar-refractivity contribution is 7.90. The number of nitrogens with zero attached hydrogens (tertiary/aromatic N) is 4. The summed E-state index contributed by atoms with van der Waals surface area (Å²) < 4.78 is 34.9. The summed E-state index contributed by atoms with van der Waals surface area (Å²) in [5.74, 6) is 1.33. The van der Waals surface area contributed by atoms with Crippen LogP contribution in [0.15, 0.2) is 54.6 Å². The third-order valence-corrected chi connectivity index (χ3v) is 6.49. The molecular weight excluding hydrogens is 404 g/mol. The van der Waals surface area contributed by atoms with Crippen molar-refractivity contribution in [1.29, 1.82) is 0 Å². The molecule has 0 bridgehead atoms. The van der Waals surface area contributed by atoms with E-state index in [1.54, 1.807) is 11.8 Å². The van der Waals surface area contributed by atoms with Crippen molar-refractivity contribution < 1.29 is 13.2 Å². The SMILES string of the molecule is COc1ccc(C2CC(c3ccccc3)n3nc(NS(=O)(=O)N(C)C)nc3N2)cc1. The quantitative estimate of drug-likeness (QED) is 0.626. The number of fused-ring (bicyclic) bond motifs is 1. The van der Waals surface area contributed by atoms with Crippen molar-refractivity contribution in [1.82, 2.24) is 19.1 Å².